The van der Waals surface area contributed by atoms with E-state index in [2.05, 4.69) is 49.3 Å². The Kier molecular flexibility index (Phi) is 7.57. The van der Waals surface area contributed by atoms with Crippen molar-refractivity contribution in [1.29, 1.82) is 0 Å². The van der Waals surface area contributed by atoms with Crippen LogP contribution < -0.4 is 5.32 Å². The van der Waals surface area contributed by atoms with Crippen LogP contribution in [0.4, 0.5) is 8.78 Å². The number of nitrogens with zero attached hydrogens (tertiary/aromatic N) is 2. The van der Waals surface area contributed by atoms with Crippen molar-refractivity contribution in [1.82, 2.24) is 14.9 Å². The van der Waals surface area contributed by atoms with Crippen molar-refractivity contribution in [3.63, 3.8) is 0 Å². The van der Waals surface area contributed by atoms with Crippen molar-refractivity contribution >= 4 is 0 Å². The number of aliphatic hydroxyl groups excluding tert-OH is 1. The zero-order valence-electron chi connectivity index (χ0n) is 18.4. The minimum absolute atomic E-state index is 0.188. The lowest BCUT2D eigenvalue weighted by atomic mass is 9.87. The van der Waals surface area contributed by atoms with Crippen LogP contribution in [-0.2, 0) is 19.4 Å². The number of nitrogens with one attached hydrogen (secondary N) is 1. The molecule has 3 rings (SSSR count). The second-order valence-electron chi connectivity index (χ2n) is 9.27. The van der Waals surface area contributed by atoms with E-state index in [9.17, 15) is 13.9 Å². The van der Waals surface area contributed by atoms with Gasteiger partial charge in [0.1, 0.15) is 11.6 Å². The lowest BCUT2D eigenvalue weighted by Gasteiger charge is -2.20. The van der Waals surface area contributed by atoms with Crippen molar-refractivity contribution in [2.24, 2.45) is 5.41 Å². The molecule has 0 aliphatic carbocycles. The van der Waals surface area contributed by atoms with Gasteiger partial charge in [-0.2, -0.15) is 0 Å². The minimum atomic E-state index is -0.610. The zero-order chi connectivity index (χ0) is 22.4. The molecular formula is C25H31F2N3O. The number of halogens is 2. The summed E-state index contributed by atoms with van der Waals surface area (Å²) in [7, 11) is 0. The van der Waals surface area contributed by atoms with E-state index in [-0.39, 0.29) is 5.41 Å². The second kappa shape index (κ2) is 10.2. The highest BCUT2D eigenvalue weighted by Gasteiger charge is 2.14. The van der Waals surface area contributed by atoms with Crippen molar-refractivity contribution < 1.29 is 13.9 Å². The van der Waals surface area contributed by atoms with Gasteiger partial charge in [-0.15, -0.1) is 0 Å². The van der Waals surface area contributed by atoms with Gasteiger partial charge >= 0.3 is 0 Å². The van der Waals surface area contributed by atoms with E-state index < -0.39 is 17.7 Å². The molecule has 2 aromatic carbocycles. The molecule has 166 valence electrons. The summed E-state index contributed by atoms with van der Waals surface area (Å²) in [5.41, 5.74) is 4.18. The molecule has 31 heavy (non-hydrogen) atoms. The monoisotopic (exact) mass is 427 g/mol. The summed E-state index contributed by atoms with van der Waals surface area (Å²) >= 11 is 0. The molecule has 0 saturated carbocycles. The van der Waals surface area contributed by atoms with Gasteiger partial charge in [0.05, 0.1) is 18.1 Å². The third-order valence-corrected chi connectivity index (χ3v) is 5.04. The van der Waals surface area contributed by atoms with Gasteiger partial charge in [-0.3, -0.25) is 0 Å². The molecule has 0 spiro atoms. The number of hydrogen-bond acceptors (Lipinski definition) is 3. The summed E-state index contributed by atoms with van der Waals surface area (Å²) < 4.78 is 28.6. The Balaban J connectivity index is 1.60. The topological polar surface area (TPSA) is 50.1 Å². The maximum atomic E-state index is 13.3. The molecule has 0 aliphatic rings. The quantitative estimate of drug-likeness (QED) is 0.515. The van der Waals surface area contributed by atoms with Crippen LogP contribution in [0.25, 0.3) is 5.69 Å². The summed E-state index contributed by atoms with van der Waals surface area (Å²) in [6.45, 7) is 7.64. The van der Waals surface area contributed by atoms with Gasteiger partial charge in [0.25, 0.3) is 0 Å². The van der Waals surface area contributed by atoms with E-state index in [0.29, 0.717) is 31.5 Å². The molecule has 0 fully saturated rings. The Labute approximate surface area is 183 Å². The summed E-state index contributed by atoms with van der Waals surface area (Å²) in [6.07, 6.45) is 6.63. The average molecular weight is 428 g/mol. The Bertz CT molecular complexity index is 961. The maximum Gasteiger partial charge on any atom is 0.126 e. The molecule has 3 aromatic rings. The number of hydrogen-bond donors (Lipinski definition) is 2. The van der Waals surface area contributed by atoms with Gasteiger partial charge in [-0.1, -0.05) is 32.9 Å². The van der Waals surface area contributed by atoms with Crippen LogP contribution in [0.2, 0.25) is 0 Å². The van der Waals surface area contributed by atoms with E-state index in [1.54, 1.807) is 12.5 Å². The van der Waals surface area contributed by atoms with E-state index in [0.717, 1.165) is 23.7 Å². The van der Waals surface area contributed by atoms with Gasteiger partial charge in [-0.05, 0) is 59.6 Å². The standard InChI is InChI=1S/C25H31F2N3O/c1-25(2,3)14-19-5-7-24(30-9-8-28-17-30)20(10-19)15-29-16-23(31)6-4-18-11-21(26)13-22(27)12-18/h5,7-13,17,23,29,31H,4,6,14-16H2,1-3H3. The van der Waals surface area contributed by atoms with Gasteiger partial charge in [0, 0.05) is 31.5 Å². The predicted molar refractivity (Wildman–Crippen MR) is 119 cm³/mol. The first-order valence-electron chi connectivity index (χ1n) is 10.6. The summed E-state index contributed by atoms with van der Waals surface area (Å²) in [5, 5.41) is 13.6. The Morgan fingerprint density at radius 2 is 1.81 bits per heavy atom. The number of aliphatic hydroxyl groups is 1. The lowest BCUT2D eigenvalue weighted by molar-refractivity contribution is 0.161. The molecule has 0 radical (unpaired) electrons. The van der Waals surface area contributed by atoms with Gasteiger partial charge in [0.2, 0.25) is 0 Å². The predicted octanol–water partition coefficient (Wildman–Crippen LogP) is 4.82. The molecule has 1 aromatic heterocycles. The summed E-state index contributed by atoms with van der Waals surface area (Å²) in [6, 6.07) is 9.93. The molecule has 1 unspecified atom stereocenters. The van der Waals surface area contributed by atoms with E-state index in [4.69, 9.17) is 0 Å². The van der Waals surface area contributed by atoms with Gasteiger partial charge < -0.3 is 15.0 Å². The molecule has 1 heterocycles. The van der Waals surface area contributed by atoms with Crippen LogP contribution in [0.15, 0.2) is 55.1 Å². The lowest BCUT2D eigenvalue weighted by Crippen LogP contribution is -2.27. The first-order chi connectivity index (χ1) is 14.7. The fourth-order valence-corrected chi connectivity index (χ4v) is 3.72. The number of aromatic nitrogens is 2. The molecule has 0 bridgehead atoms. The summed E-state index contributed by atoms with van der Waals surface area (Å²) in [5.74, 6) is -1.19. The Hall–Kier alpha value is -2.57. The molecule has 4 nitrogen and oxygen atoms in total. The molecule has 2 N–H and O–H groups in total. The fraction of sp³-hybridized carbons (Fsp3) is 0.400. The maximum absolute atomic E-state index is 13.3. The van der Waals surface area contributed by atoms with Crippen LogP contribution >= 0.6 is 0 Å². The van der Waals surface area contributed by atoms with E-state index in [1.807, 2.05) is 10.8 Å². The first-order valence-corrected chi connectivity index (χ1v) is 10.6. The highest BCUT2D eigenvalue weighted by Crippen LogP contribution is 2.24. The largest absolute Gasteiger partial charge is 0.392 e. The Morgan fingerprint density at radius 1 is 1.06 bits per heavy atom. The van der Waals surface area contributed by atoms with E-state index in [1.165, 1.54) is 17.7 Å². The normalized spacial score (nSPS) is 12.8. The summed E-state index contributed by atoms with van der Waals surface area (Å²) in [4.78, 5) is 4.14. The molecular weight excluding hydrogens is 396 g/mol. The fourth-order valence-electron chi connectivity index (χ4n) is 3.72. The third-order valence-electron chi connectivity index (χ3n) is 5.04. The molecule has 0 amide bonds. The second-order valence-corrected chi connectivity index (χ2v) is 9.27. The number of aryl methyl sites for hydroxylation is 1. The highest BCUT2D eigenvalue weighted by molar-refractivity contribution is 5.44. The van der Waals surface area contributed by atoms with Crippen molar-refractivity contribution in [3.8, 4) is 5.69 Å². The molecule has 0 aliphatic heterocycles. The highest BCUT2D eigenvalue weighted by atomic mass is 19.1. The van der Waals surface area contributed by atoms with Crippen LogP contribution in [0, 0.1) is 17.0 Å². The molecule has 0 saturated heterocycles. The smallest absolute Gasteiger partial charge is 0.126 e. The van der Waals surface area contributed by atoms with Gasteiger partial charge in [-0.25, -0.2) is 13.8 Å². The molecule has 6 heteroatoms. The zero-order valence-corrected chi connectivity index (χ0v) is 18.4. The number of imidazole rings is 1. The van der Waals surface area contributed by atoms with Crippen LogP contribution in [-0.4, -0.2) is 27.3 Å². The first kappa shape index (κ1) is 23.1. The number of rotatable bonds is 9. The SMILES string of the molecule is CC(C)(C)Cc1ccc(-n2ccnc2)c(CNCC(O)CCc2cc(F)cc(F)c2)c1. The number of benzene rings is 2. The Morgan fingerprint density at radius 3 is 2.45 bits per heavy atom. The minimum Gasteiger partial charge on any atom is -0.392 e. The molecule has 1 atom stereocenters. The van der Waals surface area contributed by atoms with Crippen molar-refractivity contribution in [2.75, 3.05) is 6.54 Å². The van der Waals surface area contributed by atoms with Crippen molar-refractivity contribution in [2.45, 2.75) is 52.7 Å². The average Bonchev–Trinajstić information content (AvgIpc) is 3.19. The van der Waals surface area contributed by atoms with E-state index >= 15 is 0 Å². The van der Waals surface area contributed by atoms with Crippen molar-refractivity contribution in [3.05, 3.63) is 83.4 Å². The third kappa shape index (κ3) is 7.26. The van der Waals surface area contributed by atoms with Crippen LogP contribution in [0.1, 0.15) is 43.9 Å². The van der Waals surface area contributed by atoms with Gasteiger partial charge in [0.15, 0.2) is 0 Å². The van der Waals surface area contributed by atoms with Crippen LogP contribution in [0.5, 0.6) is 0 Å². The van der Waals surface area contributed by atoms with Crippen LogP contribution in [0.3, 0.4) is 0 Å².